The molecule has 0 saturated heterocycles. The summed E-state index contributed by atoms with van der Waals surface area (Å²) in [6.45, 7) is 6.52. The summed E-state index contributed by atoms with van der Waals surface area (Å²) >= 11 is 0. The lowest BCUT2D eigenvalue weighted by Crippen LogP contribution is -2.30. The molecular formula is C72H130O6. The first-order chi connectivity index (χ1) is 38.5. The van der Waals surface area contributed by atoms with Crippen LogP contribution in [0.2, 0.25) is 0 Å². The van der Waals surface area contributed by atoms with Crippen LogP contribution in [0.5, 0.6) is 0 Å². The molecule has 0 rings (SSSR count). The molecule has 0 heterocycles. The molecule has 0 aromatic rings. The minimum absolute atomic E-state index is 0.0935. The maximum atomic E-state index is 12.9. The molecule has 0 radical (unpaired) electrons. The molecule has 0 spiro atoms. The van der Waals surface area contributed by atoms with Crippen LogP contribution in [0, 0.1) is 0 Å². The van der Waals surface area contributed by atoms with Crippen molar-refractivity contribution in [2.45, 2.75) is 367 Å². The van der Waals surface area contributed by atoms with Gasteiger partial charge in [0.25, 0.3) is 0 Å². The molecule has 0 N–H and O–H groups in total. The second-order valence-electron chi connectivity index (χ2n) is 23.1. The molecular weight excluding hydrogens is 961 g/mol. The molecule has 6 nitrogen and oxygen atoms in total. The lowest BCUT2D eigenvalue weighted by molar-refractivity contribution is -0.166. The van der Waals surface area contributed by atoms with E-state index in [2.05, 4.69) is 75.5 Å². The van der Waals surface area contributed by atoms with Gasteiger partial charge in [-0.15, -0.1) is 0 Å². The second kappa shape index (κ2) is 66.6. The van der Waals surface area contributed by atoms with Gasteiger partial charge in [-0.25, -0.2) is 0 Å². The summed E-state index contributed by atoms with van der Waals surface area (Å²) < 4.78 is 16.9. The molecule has 0 aliphatic carbocycles. The summed E-state index contributed by atoms with van der Waals surface area (Å²) in [7, 11) is 0. The van der Waals surface area contributed by atoms with Crippen LogP contribution in [0.1, 0.15) is 361 Å². The van der Waals surface area contributed by atoms with Crippen LogP contribution in [0.4, 0.5) is 0 Å². The normalized spacial score (nSPS) is 12.4. The molecule has 454 valence electrons. The van der Waals surface area contributed by atoms with Crippen LogP contribution in [0.15, 0.2) is 60.8 Å². The van der Waals surface area contributed by atoms with Crippen molar-refractivity contribution in [1.82, 2.24) is 0 Å². The molecule has 0 aromatic heterocycles. The molecule has 0 aromatic carbocycles. The van der Waals surface area contributed by atoms with Gasteiger partial charge in [-0.2, -0.15) is 0 Å². The first-order valence-electron chi connectivity index (χ1n) is 34.3. The number of carbonyl (C=O) groups is 3. The number of hydrogen-bond donors (Lipinski definition) is 0. The van der Waals surface area contributed by atoms with Crippen molar-refractivity contribution >= 4 is 17.9 Å². The molecule has 0 amide bonds. The standard InChI is InChI=1S/C72H130O6/c1-4-7-10-13-16-19-22-25-27-29-31-33-34-35-36-37-39-40-42-44-47-50-53-56-59-62-65-71(74)77-68-69(67-76-70(73)64-61-58-55-52-49-46-24-21-18-15-12-9-6-3)78-72(75)66-63-60-57-54-51-48-45-43-41-38-32-30-28-26-23-20-17-14-11-8-5-2/h9,12,18,21,30,32,46,49,55,58,69H,4-8,10-11,13-17,19-20,22-29,31,33-45,47-48,50-54,56-57,59-68H2,1-3H3/b12-9-,21-18-,32-30-,49-46-,58-55-. The van der Waals surface area contributed by atoms with Gasteiger partial charge in [-0.05, 0) is 70.6 Å². The number of esters is 3. The van der Waals surface area contributed by atoms with Crippen molar-refractivity contribution in [3.05, 3.63) is 60.8 Å². The Morgan fingerprint density at radius 1 is 0.269 bits per heavy atom. The third-order valence-electron chi connectivity index (χ3n) is 15.3. The van der Waals surface area contributed by atoms with Crippen LogP contribution in [-0.2, 0) is 28.6 Å². The lowest BCUT2D eigenvalue weighted by atomic mass is 10.0. The number of carbonyl (C=O) groups excluding carboxylic acids is 3. The van der Waals surface area contributed by atoms with E-state index in [9.17, 15) is 14.4 Å². The van der Waals surface area contributed by atoms with E-state index < -0.39 is 6.10 Å². The zero-order valence-electron chi connectivity index (χ0n) is 52.2. The molecule has 0 fully saturated rings. The van der Waals surface area contributed by atoms with E-state index in [1.54, 1.807) is 0 Å². The zero-order chi connectivity index (χ0) is 56.4. The van der Waals surface area contributed by atoms with Crippen LogP contribution in [-0.4, -0.2) is 37.2 Å². The number of rotatable bonds is 63. The maximum Gasteiger partial charge on any atom is 0.306 e. The van der Waals surface area contributed by atoms with Crippen molar-refractivity contribution in [3.8, 4) is 0 Å². The number of allylic oxidation sites excluding steroid dienone is 10. The van der Waals surface area contributed by atoms with Crippen molar-refractivity contribution in [1.29, 1.82) is 0 Å². The minimum Gasteiger partial charge on any atom is -0.462 e. The molecule has 1 unspecified atom stereocenters. The summed E-state index contributed by atoms with van der Waals surface area (Å²) in [5, 5.41) is 0. The SMILES string of the molecule is CC/C=C\C/C=C\C/C=C\C/C=C\CCC(=O)OCC(COC(=O)CCCCCCCCCCCCCCCCCCCCCCCCCCCC)OC(=O)CCCCCCCCCCC/C=C\CCCCCCCCCC. The first-order valence-corrected chi connectivity index (χ1v) is 34.3. The highest BCUT2D eigenvalue weighted by molar-refractivity contribution is 5.71. The van der Waals surface area contributed by atoms with Crippen LogP contribution in [0.3, 0.4) is 0 Å². The van der Waals surface area contributed by atoms with Gasteiger partial charge in [0.15, 0.2) is 6.10 Å². The van der Waals surface area contributed by atoms with E-state index in [0.29, 0.717) is 19.3 Å². The van der Waals surface area contributed by atoms with Crippen molar-refractivity contribution in [3.63, 3.8) is 0 Å². The fourth-order valence-corrected chi connectivity index (χ4v) is 10.2. The van der Waals surface area contributed by atoms with E-state index in [0.717, 1.165) is 64.2 Å². The minimum atomic E-state index is -0.804. The molecule has 0 bridgehead atoms. The Bertz CT molecular complexity index is 1390. The van der Waals surface area contributed by atoms with Gasteiger partial charge < -0.3 is 14.2 Å². The highest BCUT2D eigenvalue weighted by Gasteiger charge is 2.19. The van der Waals surface area contributed by atoms with Gasteiger partial charge in [0, 0.05) is 19.3 Å². The van der Waals surface area contributed by atoms with Crippen molar-refractivity contribution in [2.75, 3.05) is 13.2 Å². The zero-order valence-corrected chi connectivity index (χ0v) is 52.2. The fraction of sp³-hybridized carbons (Fsp3) is 0.819. The Balaban J connectivity index is 4.27. The highest BCUT2D eigenvalue weighted by atomic mass is 16.6. The van der Waals surface area contributed by atoms with Gasteiger partial charge in [-0.1, -0.05) is 332 Å². The maximum absolute atomic E-state index is 12.9. The Kier molecular flexibility index (Phi) is 64.2. The predicted molar refractivity (Wildman–Crippen MR) is 339 cm³/mol. The van der Waals surface area contributed by atoms with Crippen LogP contribution >= 0.6 is 0 Å². The third kappa shape index (κ3) is 63.9. The lowest BCUT2D eigenvalue weighted by Gasteiger charge is -2.18. The van der Waals surface area contributed by atoms with E-state index in [1.807, 2.05) is 6.08 Å². The third-order valence-corrected chi connectivity index (χ3v) is 15.3. The van der Waals surface area contributed by atoms with Gasteiger partial charge >= 0.3 is 17.9 Å². The quantitative estimate of drug-likeness (QED) is 0.0261. The van der Waals surface area contributed by atoms with Gasteiger partial charge in [0.1, 0.15) is 13.2 Å². The number of hydrogen-bond acceptors (Lipinski definition) is 6. The summed E-state index contributed by atoms with van der Waals surface area (Å²) in [6, 6.07) is 0. The Hall–Kier alpha value is -2.89. The second-order valence-corrected chi connectivity index (χ2v) is 23.1. The summed E-state index contributed by atoms with van der Waals surface area (Å²) in [5.41, 5.74) is 0. The Morgan fingerprint density at radius 2 is 0.526 bits per heavy atom. The molecule has 78 heavy (non-hydrogen) atoms. The summed E-state index contributed by atoms with van der Waals surface area (Å²) in [6.07, 6.45) is 85.6. The van der Waals surface area contributed by atoms with Crippen molar-refractivity contribution < 1.29 is 28.6 Å². The predicted octanol–water partition coefficient (Wildman–Crippen LogP) is 23.5. The number of ether oxygens (including phenoxy) is 3. The smallest absolute Gasteiger partial charge is 0.306 e. The monoisotopic (exact) mass is 1090 g/mol. The molecule has 0 aliphatic heterocycles. The Morgan fingerprint density at radius 3 is 0.859 bits per heavy atom. The van der Waals surface area contributed by atoms with Gasteiger partial charge in [-0.3, -0.25) is 14.4 Å². The van der Waals surface area contributed by atoms with E-state index >= 15 is 0 Å². The molecule has 0 saturated carbocycles. The highest BCUT2D eigenvalue weighted by Crippen LogP contribution is 2.18. The van der Waals surface area contributed by atoms with Gasteiger partial charge in [0.2, 0.25) is 0 Å². The van der Waals surface area contributed by atoms with Crippen LogP contribution < -0.4 is 0 Å². The topological polar surface area (TPSA) is 78.9 Å². The fourth-order valence-electron chi connectivity index (χ4n) is 10.2. The van der Waals surface area contributed by atoms with E-state index in [1.165, 1.54) is 250 Å². The van der Waals surface area contributed by atoms with Crippen molar-refractivity contribution in [2.24, 2.45) is 0 Å². The molecule has 0 aliphatic rings. The summed E-state index contributed by atoms with van der Waals surface area (Å²) in [4.78, 5) is 38.3. The molecule has 6 heteroatoms. The summed E-state index contributed by atoms with van der Waals surface area (Å²) in [5.74, 6) is -0.960. The first kappa shape index (κ1) is 75.1. The van der Waals surface area contributed by atoms with E-state index in [-0.39, 0.29) is 37.5 Å². The van der Waals surface area contributed by atoms with Gasteiger partial charge in [0.05, 0.1) is 0 Å². The molecule has 1 atom stereocenters. The average Bonchev–Trinajstić information content (AvgIpc) is 3.44. The Labute approximate surface area is 485 Å². The van der Waals surface area contributed by atoms with E-state index in [4.69, 9.17) is 14.2 Å². The van der Waals surface area contributed by atoms with Crippen LogP contribution in [0.25, 0.3) is 0 Å². The average molecular weight is 1090 g/mol. The largest absolute Gasteiger partial charge is 0.462 e. The number of unbranched alkanes of at least 4 members (excludes halogenated alkanes) is 42.